The summed E-state index contributed by atoms with van der Waals surface area (Å²) in [6, 6.07) is 5.79. The van der Waals surface area contributed by atoms with Crippen LogP contribution in [-0.2, 0) is 9.59 Å². The normalized spacial score (nSPS) is 14.4. The van der Waals surface area contributed by atoms with Crippen molar-refractivity contribution < 1.29 is 28.8 Å². The lowest BCUT2D eigenvalue weighted by Crippen LogP contribution is -2.50. The topological polar surface area (TPSA) is 193 Å². The van der Waals surface area contributed by atoms with Crippen LogP contribution >= 0.6 is 0 Å². The van der Waals surface area contributed by atoms with Gasteiger partial charge in [-0.25, -0.2) is 0 Å². The van der Waals surface area contributed by atoms with E-state index < -0.39 is 23.3 Å². The first-order chi connectivity index (χ1) is 19.9. The fourth-order valence-corrected chi connectivity index (χ4v) is 4.01. The molecule has 14 nitrogen and oxygen atoms in total. The monoisotopic (exact) mass is 574 g/mol. The molecule has 0 saturated heterocycles. The number of benzene rings is 1. The molecule has 1 aliphatic carbocycles. The second kappa shape index (κ2) is 12.6. The van der Waals surface area contributed by atoms with Crippen molar-refractivity contribution in [3.8, 4) is 17.2 Å². The standard InChI is InChI=1S/C25H33B3N8O6/c1-4-17(38)31-18(11(2)37)21-32-24(42-36-21)13-6-5-7-14(20(13)41-3)29-15-10-16(30-22(39)12-8-9-12)34-35-19(15)23(40)33-25(26,27)28/h5-7,10-12,18,37H,4,8-9,26-28H2,1-3H3,(H,31,38)(H,33,40)(H2,29,30,34,39)/t11-,18+/m1/s1. The van der Waals surface area contributed by atoms with Crippen LogP contribution in [0.1, 0.15) is 55.5 Å². The SMILES string of the molecule is BC(B)(B)NC(=O)c1nnc(NC(=O)C2CC2)cc1Nc1cccc(-c2nc([C@@H](NC(=O)CC)[C@@H](C)O)no2)c1OC. The van der Waals surface area contributed by atoms with Gasteiger partial charge in [0.2, 0.25) is 11.8 Å². The molecular weight excluding hydrogens is 541 g/mol. The Bertz CT molecular complexity index is 1470. The Labute approximate surface area is 245 Å². The van der Waals surface area contributed by atoms with Crippen molar-refractivity contribution in [1.82, 2.24) is 31.0 Å². The Hall–Kier alpha value is -4.40. The predicted octanol–water partition coefficient (Wildman–Crippen LogP) is -1.18. The first kappa shape index (κ1) is 30.6. The molecule has 1 fully saturated rings. The number of nitrogens with one attached hydrogen (secondary N) is 4. The van der Waals surface area contributed by atoms with Gasteiger partial charge in [-0.05, 0) is 37.1 Å². The second-order valence-electron chi connectivity index (χ2n) is 11.1. The highest BCUT2D eigenvalue weighted by Gasteiger charge is 2.31. The summed E-state index contributed by atoms with van der Waals surface area (Å²) in [6.45, 7) is 3.21. The molecule has 0 unspecified atom stereocenters. The largest absolute Gasteiger partial charge is 0.494 e. The van der Waals surface area contributed by atoms with E-state index in [1.165, 1.54) is 20.1 Å². The molecule has 0 bridgehead atoms. The third-order valence-electron chi connectivity index (χ3n) is 6.26. The molecule has 1 saturated carbocycles. The van der Waals surface area contributed by atoms with Crippen molar-refractivity contribution in [3.05, 3.63) is 35.8 Å². The molecule has 3 amide bonds. The summed E-state index contributed by atoms with van der Waals surface area (Å²) in [4.78, 5) is 41.9. The van der Waals surface area contributed by atoms with Gasteiger partial charge in [0.05, 0.1) is 30.2 Å². The summed E-state index contributed by atoms with van der Waals surface area (Å²) >= 11 is 0. The Morgan fingerprint density at radius 1 is 1.19 bits per heavy atom. The Kier molecular flexibility index (Phi) is 9.19. The lowest BCUT2D eigenvalue weighted by atomic mass is 9.49. The molecule has 1 aromatic carbocycles. The van der Waals surface area contributed by atoms with E-state index in [0.29, 0.717) is 17.0 Å². The zero-order valence-electron chi connectivity index (χ0n) is 24.4. The van der Waals surface area contributed by atoms with Gasteiger partial charge in [-0.3, -0.25) is 14.4 Å². The van der Waals surface area contributed by atoms with Crippen molar-refractivity contribution in [2.24, 2.45) is 5.92 Å². The number of carbonyl (C=O) groups excluding carboxylic acids is 3. The van der Waals surface area contributed by atoms with E-state index in [1.54, 1.807) is 25.1 Å². The molecular formula is C25H33B3N8O6. The van der Waals surface area contributed by atoms with Gasteiger partial charge in [-0.2, -0.15) is 4.98 Å². The number of aromatic nitrogens is 4. The maximum Gasteiger partial charge on any atom is 0.272 e. The van der Waals surface area contributed by atoms with Crippen molar-refractivity contribution >= 4 is 58.5 Å². The molecule has 5 N–H and O–H groups in total. The molecule has 0 spiro atoms. The summed E-state index contributed by atoms with van der Waals surface area (Å²) in [6.07, 6.45) is 0.884. The van der Waals surface area contributed by atoms with E-state index in [9.17, 15) is 19.5 Å². The van der Waals surface area contributed by atoms with Crippen molar-refractivity contribution in [3.63, 3.8) is 0 Å². The zero-order chi connectivity index (χ0) is 30.6. The number of para-hydroxylation sites is 1. The summed E-state index contributed by atoms with van der Waals surface area (Å²) in [5.74, 6) is -0.270. The fraction of sp³-hybridized carbons (Fsp3) is 0.400. The molecule has 3 aromatic rings. The molecule has 17 heteroatoms. The minimum absolute atomic E-state index is 0.00770. The number of amides is 3. The smallest absolute Gasteiger partial charge is 0.272 e. The van der Waals surface area contributed by atoms with Crippen LogP contribution in [0, 0.1) is 5.92 Å². The van der Waals surface area contributed by atoms with Gasteiger partial charge in [0, 0.05) is 18.4 Å². The number of anilines is 3. The quantitative estimate of drug-likeness (QED) is 0.164. The van der Waals surface area contributed by atoms with Crippen molar-refractivity contribution in [2.75, 3.05) is 17.7 Å². The van der Waals surface area contributed by atoms with E-state index in [0.717, 1.165) is 12.8 Å². The average Bonchev–Trinajstić information content (AvgIpc) is 3.67. The third kappa shape index (κ3) is 7.46. The number of hydrogen-bond donors (Lipinski definition) is 5. The highest BCUT2D eigenvalue weighted by Crippen LogP contribution is 2.38. The zero-order valence-corrected chi connectivity index (χ0v) is 24.4. The second-order valence-corrected chi connectivity index (χ2v) is 11.1. The molecule has 0 radical (unpaired) electrons. The van der Waals surface area contributed by atoms with Crippen LogP contribution in [0.4, 0.5) is 17.2 Å². The molecule has 218 valence electrons. The highest BCUT2D eigenvalue weighted by atomic mass is 16.5. The van der Waals surface area contributed by atoms with Gasteiger partial charge in [-0.1, -0.05) is 18.1 Å². The first-order valence-electron chi connectivity index (χ1n) is 13.7. The number of nitrogens with zero attached hydrogens (tertiary/aromatic N) is 4. The molecule has 2 aromatic heterocycles. The molecule has 1 aliphatic rings. The maximum absolute atomic E-state index is 13.1. The van der Waals surface area contributed by atoms with Gasteiger partial charge in [0.25, 0.3) is 11.8 Å². The number of aliphatic hydroxyl groups is 1. The van der Waals surface area contributed by atoms with Gasteiger partial charge in [-0.15, -0.1) is 10.2 Å². The Morgan fingerprint density at radius 2 is 1.93 bits per heavy atom. The van der Waals surface area contributed by atoms with Crippen LogP contribution in [0.3, 0.4) is 0 Å². The van der Waals surface area contributed by atoms with Crippen LogP contribution < -0.4 is 26.0 Å². The predicted molar refractivity (Wildman–Crippen MR) is 162 cm³/mol. The Balaban J connectivity index is 1.69. The van der Waals surface area contributed by atoms with E-state index in [2.05, 4.69) is 41.6 Å². The molecule has 2 heterocycles. The first-order valence-corrected chi connectivity index (χ1v) is 13.7. The van der Waals surface area contributed by atoms with Gasteiger partial charge >= 0.3 is 0 Å². The van der Waals surface area contributed by atoms with Gasteiger partial charge in [0.1, 0.15) is 29.6 Å². The molecule has 42 heavy (non-hydrogen) atoms. The van der Waals surface area contributed by atoms with E-state index in [-0.39, 0.29) is 53.1 Å². The van der Waals surface area contributed by atoms with E-state index >= 15 is 0 Å². The van der Waals surface area contributed by atoms with Crippen molar-refractivity contribution in [1.29, 1.82) is 0 Å². The van der Waals surface area contributed by atoms with Crippen LogP contribution in [0.15, 0.2) is 28.8 Å². The lowest BCUT2D eigenvalue weighted by Gasteiger charge is -2.21. The number of hydrogen-bond acceptors (Lipinski definition) is 11. The molecule has 2 atom stereocenters. The number of rotatable bonds is 12. The summed E-state index contributed by atoms with van der Waals surface area (Å²) in [7, 11) is 6.99. The van der Waals surface area contributed by atoms with Crippen molar-refractivity contribution in [2.45, 2.75) is 50.5 Å². The Morgan fingerprint density at radius 3 is 2.55 bits per heavy atom. The van der Waals surface area contributed by atoms with Crippen LogP contribution in [0.2, 0.25) is 0 Å². The minimum atomic E-state index is -0.979. The van der Waals surface area contributed by atoms with Crippen LogP contribution in [-0.4, -0.2) is 85.2 Å². The summed E-state index contributed by atoms with van der Waals surface area (Å²) in [5.41, 5.74) is 1.13. The number of aliphatic hydroxyl groups excluding tert-OH is 1. The summed E-state index contributed by atoms with van der Waals surface area (Å²) < 4.78 is 11.2. The van der Waals surface area contributed by atoms with Gasteiger partial charge in [0.15, 0.2) is 23.1 Å². The van der Waals surface area contributed by atoms with Crippen LogP contribution in [0.25, 0.3) is 11.5 Å². The summed E-state index contributed by atoms with van der Waals surface area (Å²) in [5, 5.41) is 33.3. The molecule has 4 rings (SSSR count). The van der Waals surface area contributed by atoms with E-state index in [1.807, 2.05) is 23.5 Å². The highest BCUT2D eigenvalue weighted by molar-refractivity contribution is 6.60. The average molecular weight is 574 g/mol. The minimum Gasteiger partial charge on any atom is -0.494 e. The number of methoxy groups -OCH3 is 1. The van der Waals surface area contributed by atoms with E-state index in [4.69, 9.17) is 9.26 Å². The number of carbonyl (C=O) groups is 3. The van der Waals surface area contributed by atoms with Crippen LogP contribution in [0.5, 0.6) is 5.75 Å². The van der Waals surface area contributed by atoms with Gasteiger partial charge < -0.3 is 35.6 Å². The molecule has 0 aliphatic heterocycles. The fourth-order valence-electron chi connectivity index (χ4n) is 4.01. The maximum atomic E-state index is 13.1. The lowest BCUT2D eigenvalue weighted by molar-refractivity contribution is -0.122. The number of ether oxygens (including phenoxy) is 1. The third-order valence-corrected chi connectivity index (χ3v) is 6.26.